The highest BCUT2D eigenvalue weighted by Crippen LogP contribution is 2.09. The third kappa shape index (κ3) is 9.65. The fourth-order valence-corrected chi connectivity index (χ4v) is 2.52. The average molecular weight is 431 g/mol. The summed E-state index contributed by atoms with van der Waals surface area (Å²) in [5.41, 5.74) is 10.5. The van der Waals surface area contributed by atoms with Gasteiger partial charge in [0.1, 0.15) is 24.2 Å². The molecular weight excluding hydrogens is 398 g/mol. The van der Waals surface area contributed by atoms with Crippen molar-refractivity contribution in [2.75, 3.05) is 6.61 Å². The molecular formula is C18H33N5O7. The molecule has 0 saturated carbocycles. The number of nitrogens with two attached hydrogens (primary N) is 2. The highest BCUT2D eigenvalue weighted by atomic mass is 16.4. The number of amides is 4. The maximum atomic E-state index is 12.7. The van der Waals surface area contributed by atoms with E-state index in [-0.39, 0.29) is 12.3 Å². The van der Waals surface area contributed by atoms with E-state index in [0.717, 1.165) is 0 Å². The number of carboxylic acids is 1. The lowest BCUT2D eigenvalue weighted by Crippen LogP contribution is -2.59. The van der Waals surface area contributed by atoms with Crippen LogP contribution in [-0.2, 0) is 24.0 Å². The molecule has 0 bridgehead atoms. The van der Waals surface area contributed by atoms with Gasteiger partial charge in [0.15, 0.2) is 0 Å². The fourth-order valence-electron chi connectivity index (χ4n) is 2.52. The van der Waals surface area contributed by atoms with E-state index in [1.165, 1.54) is 0 Å². The zero-order valence-corrected chi connectivity index (χ0v) is 17.7. The number of primary amides is 1. The molecule has 30 heavy (non-hydrogen) atoms. The summed E-state index contributed by atoms with van der Waals surface area (Å²) in [6, 6.07) is -4.90. The van der Waals surface area contributed by atoms with Crippen molar-refractivity contribution in [3.05, 3.63) is 0 Å². The first kappa shape index (κ1) is 27.3. The SMILES string of the molecule is CC(C)CC(NC(=O)C(N)CO)C(=O)NC(C(=O)NC(CC(N)=O)C(=O)O)C(C)C. The van der Waals surface area contributed by atoms with Gasteiger partial charge in [0, 0.05) is 0 Å². The molecule has 0 saturated heterocycles. The summed E-state index contributed by atoms with van der Waals surface area (Å²) in [5.74, 6) is -4.99. The topological polar surface area (TPSA) is 214 Å². The predicted molar refractivity (Wildman–Crippen MR) is 107 cm³/mol. The Labute approximate surface area is 175 Å². The van der Waals surface area contributed by atoms with Gasteiger partial charge < -0.3 is 37.6 Å². The number of carbonyl (C=O) groups excluding carboxylic acids is 4. The van der Waals surface area contributed by atoms with E-state index < -0.39 is 72.7 Å². The van der Waals surface area contributed by atoms with Crippen molar-refractivity contribution >= 4 is 29.6 Å². The Hall–Kier alpha value is -2.73. The molecule has 0 aliphatic carbocycles. The van der Waals surface area contributed by atoms with E-state index >= 15 is 0 Å². The third-order valence-corrected chi connectivity index (χ3v) is 4.14. The molecule has 12 heteroatoms. The minimum Gasteiger partial charge on any atom is -0.480 e. The van der Waals surface area contributed by atoms with Crippen LogP contribution in [0.3, 0.4) is 0 Å². The lowest BCUT2D eigenvalue weighted by molar-refractivity contribution is -0.144. The van der Waals surface area contributed by atoms with Gasteiger partial charge in [-0.25, -0.2) is 4.79 Å². The standard InChI is InChI=1S/C18H33N5O7/c1-8(2)5-11(21-15(26)10(19)7-24)16(27)23-14(9(3)4)17(28)22-12(18(29)30)6-13(20)25/h8-12,14,24H,5-7,19H2,1-4H3,(H2,20,25)(H,21,26)(H,22,28)(H,23,27)(H,29,30). The van der Waals surface area contributed by atoms with E-state index in [1.807, 2.05) is 13.8 Å². The third-order valence-electron chi connectivity index (χ3n) is 4.14. The highest BCUT2D eigenvalue weighted by molar-refractivity contribution is 5.95. The normalized spacial score (nSPS) is 15.1. The second-order valence-electron chi connectivity index (χ2n) is 7.78. The smallest absolute Gasteiger partial charge is 0.326 e. The van der Waals surface area contributed by atoms with E-state index in [0.29, 0.717) is 0 Å². The second kappa shape index (κ2) is 12.8. The lowest BCUT2D eigenvalue weighted by Gasteiger charge is -2.27. The Morgan fingerprint density at radius 1 is 0.867 bits per heavy atom. The van der Waals surface area contributed by atoms with Gasteiger partial charge in [-0.2, -0.15) is 0 Å². The van der Waals surface area contributed by atoms with Gasteiger partial charge in [-0.3, -0.25) is 19.2 Å². The first-order valence-electron chi connectivity index (χ1n) is 9.58. The summed E-state index contributed by atoms with van der Waals surface area (Å²) < 4.78 is 0. The maximum Gasteiger partial charge on any atom is 0.326 e. The van der Waals surface area contributed by atoms with Crippen LogP contribution in [0.25, 0.3) is 0 Å². The summed E-state index contributed by atoms with van der Waals surface area (Å²) >= 11 is 0. The van der Waals surface area contributed by atoms with Crippen LogP contribution in [0.1, 0.15) is 40.5 Å². The first-order valence-corrected chi connectivity index (χ1v) is 9.58. The monoisotopic (exact) mass is 431 g/mol. The van der Waals surface area contributed by atoms with E-state index in [9.17, 15) is 24.0 Å². The fraction of sp³-hybridized carbons (Fsp3) is 0.722. The molecule has 0 aliphatic rings. The van der Waals surface area contributed by atoms with Crippen molar-refractivity contribution in [1.29, 1.82) is 0 Å². The molecule has 0 rings (SSSR count). The van der Waals surface area contributed by atoms with Gasteiger partial charge in [0.2, 0.25) is 23.6 Å². The largest absolute Gasteiger partial charge is 0.480 e. The van der Waals surface area contributed by atoms with E-state index in [1.54, 1.807) is 13.8 Å². The van der Waals surface area contributed by atoms with Crippen LogP contribution in [0.5, 0.6) is 0 Å². The maximum absolute atomic E-state index is 12.7. The summed E-state index contributed by atoms with van der Waals surface area (Å²) in [6.07, 6.45) is -0.369. The summed E-state index contributed by atoms with van der Waals surface area (Å²) in [6.45, 7) is 6.31. The van der Waals surface area contributed by atoms with Crippen molar-refractivity contribution in [2.45, 2.75) is 64.7 Å². The van der Waals surface area contributed by atoms with Crippen LogP contribution in [0.4, 0.5) is 0 Å². The van der Waals surface area contributed by atoms with E-state index in [4.69, 9.17) is 21.7 Å². The number of aliphatic hydroxyl groups is 1. The van der Waals surface area contributed by atoms with Gasteiger partial charge in [-0.05, 0) is 18.3 Å². The van der Waals surface area contributed by atoms with Crippen LogP contribution in [-0.4, -0.2) is 70.6 Å². The van der Waals surface area contributed by atoms with Crippen molar-refractivity contribution in [3.63, 3.8) is 0 Å². The van der Waals surface area contributed by atoms with Crippen molar-refractivity contribution in [2.24, 2.45) is 23.3 Å². The van der Waals surface area contributed by atoms with Crippen molar-refractivity contribution in [3.8, 4) is 0 Å². The number of hydrogen-bond acceptors (Lipinski definition) is 7. The molecule has 0 heterocycles. The average Bonchev–Trinajstić information content (AvgIpc) is 2.62. The molecule has 4 atom stereocenters. The zero-order chi connectivity index (χ0) is 23.6. The number of aliphatic carboxylic acids is 1. The number of carbonyl (C=O) groups is 5. The molecule has 0 aliphatic heterocycles. The number of rotatable bonds is 13. The highest BCUT2D eigenvalue weighted by Gasteiger charge is 2.32. The van der Waals surface area contributed by atoms with Gasteiger partial charge in [0.05, 0.1) is 13.0 Å². The van der Waals surface area contributed by atoms with Crippen LogP contribution < -0.4 is 27.4 Å². The van der Waals surface area contributed by atoms with Crippen LogP contribution in [0.15, 0.2) is 0 Å². The second-order valence-corrected chi connectivity index (χ2v) is 7.78. The molecule has 0 fully saturated rings. The number of carboxylic acid groups (broad SMARTS) is 1. The molecule has 9 N–H and O–H groups in total. The Kier molecular flexibility index (Phi) is 11.6. The molecule has 0 spiro atoms. The van der Waals surface area contributed by atoms with Gasteiger partial charge >= 0.3 is 5.97 Å². The minimum atomic E-state index is -1.54. The van der Waals surface area contributed by atoms with Crippen molar-refractivity contribution in [1.82, 2.24) is 16.0 Å². The number of hydrogen-bond donors (Lipinski definition) is 7. The van der Waals surface area contributed by atoms with Crippen LogP contribution >= 0.6 is 0 Å². The molecule has 0 aromatic heterocycles. The lowest BCUT2D eigenvalue weighted by atomic mass is 9.99. The predicted octanol–water partition coefficient (Wildman–Crippen LogP) is -2.58. The Balaban J connectivity index is 5.40. The molecule has 12 nitrogen and oxygen atoms in total. The molecule has 172 valence electrons. The van der Waals surface area contributed by atoms with Gasteiger partial charge in [-0.1, -0.05) is 27.7 Å². The summed E-state index contributed by atoms with van der Waals surface area (Å²) in [7, 11) is 0. The molecule has 0 aromatic rings. The van der Waals surface area contributed by atoms with Gasteiger partial charge in [0.25, 0.3) is 0 Å². The minimum absolute atomic E-state index is 0.00434. The van der Waals surface area contributed by atoms with E-state index in [2.05, 4.69) is 16.0 Å². The first-order chi connectivity index (χ1) is 13.8. The van der Waals surface area contributed by atoms with Crippen LogP contribution in [0, 0.1) is 11.8 Å². The van der Waals surface area contributed by atoms with Gasteiger partial charge in [-0.15, -0.1) is 0 Å². The molecule has 4 unspecified atom stereocenters. The Bertz CT molecular complexity index is 638. The number of aliphatic hydroxyl groups excluding tert-OH is 1. The summed E-state index contributed by atoms with van der Waals surface area (Å²) in [5, 5.41) is 25.3. The Morgan fingerprint density at radius 3 is 1.80 bits per heavy atom. The molecule has 0 aromatic carbocycles. The van der Waals surface area contributed by atoms with Crippen molar-refractivity contribution < 1.29 is 34.2 Å². The molecule has 4 amide bonds. The quantitative estimate of drug-likeness (QED) is 0.164. The Morgan fingerprint density at radius 2 is 1.40 bits per heavy atom. The molecule has 0 radical (unpaired) electrons. The summed E-state index contributed by atoms with van der Waals surface area (Å²) in [4.78, 5) is 59.5. The zero-order valence-electron chi connectivity index (χ0n) is 17.7. The number of nitrogens with one attached hydrogen (secondary N) is 3. The van der Waals surface area contributed by atoms with Crippen LogP contribution in [0.2, 0.25) is 0 Å².